The zero-order chi connectivity index (χ0) is 26.6. The number of nitrogens with zero attached hydrogens (tertiary/aromatic N) is 2. The molecule has 192 valence electrons. The number of hydrogen-bond donors (Lipinski definition) is 1. The van der Waals surface area contributed by atoms with Gasteiger partial charge in [-0.15, -0.1) is 0 Å². The first-order valence-corrected chi connectivity index (χ1v) is 13.0. The zero-order valence-electron chi connectivity index (χ0n) is 22.0. The molecule has 5 rings (SSSR count). The second kappa shape index (κ2) is 10.9. The molecule has 0 saturated carbocycles. The highest BCUT2D eigenvalue weighted by Gasteiger charge is 2.30. The Balaban J connectivity index is 1.36. The summed E-state index contributed by atoms with van der Waals surface area (Å²) >= 11 is 0. The molecule has 0 bridgehead atoms. The van der Waals surface area contributed by atoms with Gasteiger partial charge in [-0.05, 0) is 74.6 Å². The standard InChI is InChI=1S/C32H31N3O3/c1-4-35(26-13-8-10-21(2)20-26)32(37)30-22(3)29-27(14-9-15-28(29)38-30)33-34-31(36)25-18-16-24(17-19-25)23-11-6-5-7-12-23/h5-8,10-13,16-20H,4,9,14-15H2,1-3H3,(H,34,36)/b33-27+. The van der Waals surface area contributed by atoms with Crippen LogP contribution < -0.4 is 10.3 Å². The molecule has 0 radical (unpaired) electrons. The first-order chi connectivity index (χ1) is 18.5. The van der Waals surface area contributed by atoms with Crippen molar-refractivity contribution >= 4 is 23.2 Å². The zero-order valence-corrected chi connectivity index (χ0v) is 22.0. The van der Waals surface area contributed by atoms with Crippen molar-refractivity contribution in [3.8, 4) is 11.1 Å². The minimum Gasteiger partial charge on any atom is -0.455 e. The van der Waals surface area contributed by atoms with Crippen LogP contribution in [-0.2, 0) is 6.42 Å². The predicted octanol–water partition coefficient (Wildman–Crippen LogP) is 6.70. The number of amides is 2. The topological polar surface area (TPSA) is 74.9 Å². The van der Waals surface area contributed by atoms with E-state index in [9.17, 15) is 9.59 Å². The number of carbonyl (C=O) groups is 2. The number of aryl methyl sites for hydroxylation is 2. The largest absolute Gasteiger partial charge is 0.455 e. The number of nitrogens with one attached hydrogen (secondary N) is 1. The third-order valence-corrected chi connectivity index (χ3v) is 6.94. The molecule has 0 saturated heterocycles. The fourth-order valence-electron chi connectivity index (χ4n) is 4.97. The van der Waals surface area contributed by atoms with Crippen molar-refractivity contribution in [3.63, 3.8) is 0 Å². The Kier molecular flexibility index (Phi) is 7.22. The minimum absolute atomic E-state index is 0.174. The molecular weight excluding hydrogens is 474 g/mol. The highest BCUT2D eigenvalue weighted by atomic mass is 16.4. The van der Waals surface area contributed by atoms with Gasteiger partial charge in [-0.1, -0.05) is 54.6 Å². The molecule has 1 aromatic heterocycles. The van der Waals surface area contributed by atoms with E-state index in [-0.39, 0.29) is 11.8 Å². The number of fused-ring (bicyclic) bond motifs is 1. The van der Waals surface area contributed by atoms with E-state index in [4.69, 9.17) is 4.42 Å². The van der Waals surface area contributed by atoms with Gasteiger partial charge in [-0.25, -0.2) is 5.43 Å². The van der Waals surface area contributed by atoms with E-state index >= 15 is 0 Å². The molecule has 0 unspecified atom stereocenters. The highest BCUT2D eigenvalue weighted by molar-refractivity contribution is 6.10. The molecule has 1 N–H and O–H groups in total. The summed E-state index contributed by atoms with van der Waals surface area (Å²) < 4.78 is 6.13. The SMILES string of the molecule is CCN(C(=O)c1oc2c(c1C)/C(=N/NC(=O)c1ccc(-c3ccccc3)cc1)CCC2)c1cccc(C)c1. The lowest BCUT2D eigenvalue weighted by atomic mass is 9.93. The summed E-state index contributed by atoms with van der Waals surface area (Å²) in [6, 6.07) is 25.4. The molecule has 6 nitrogen and oxygen atoms in total. The van der Waals surface area contributed by atoms with Gasteiger partial charge < -0.3 is 9.32 Å². The maximum absolute atomic E-state index is 13.5. The van der Waals surface area contributed by atoms with E-state index in [1.165, 1.54) is 0 Å². The Morgan fingerprint density at radius 1 is 0.921 bits per heavy atom. The summed E-state index contributed by atoms with van der Waals surface area (Å²) in [5.41, 5.74) is 9.64. The number of furan rings is 1. The lowest BCUT2D eigenvalue weighted by Crippen LogP contribution is -2.31. The van der Waals surface area contributed by atoms with Gasteiger partial charge in [0.25, 0.3) is 11.8 Å². The Hall–Kier alpha value is -4.45. The molecule has 1 heterocycles. The van der Waals surface area contributed by atoms with E-state index in [0.717, 1.165) is 57.8 Å². The van der Waals surface area contributed by atoms with Crippen LogP contribution in [0, 0.1) is 13.8 Å². The molecule has 2 amide bonds. The Morgan fingerprint density at radius 3 is 2.37 bits per heavy atom. The monoisotopic (exact) mass is 505 g/mol. The van der Waals surface area contributed by atoms with Gasteiger partial charge in [0.1, 0.15) is 5.76 Å². The van der Waals surface area contributed by atoms with Crippen molar-refractivity contribution in [2.75, 3.05) is 11.4 Å². The number of carbonyl (C=O) groups excluding carboxylic acids is 2. The summed E-state index contributed by atoms with van der Waals surface area (Å²) in [5, 5.41) is 4.48. The van der Waals surface area contributed by atoms with Crippen LogP contribution in [0.15, 0.2) is 88.4 Å². The third-order valence-electron chi connectivity index (χ3n) is 6.94. The van der Waals surface area contributed by atoms with Crippen molar-refractivity contribution in [1.82, 2.24) is 5.43 Å². The van der Waals surface area contributed by atoms with Gasteiger partial charge in [0.05, 0.1) is 5.71 Å². The van der Waals surface area contributed by atoms with E-state index in [1.807, 2.05) is 87.5 Å². The normalized spacial score (nSPS) is 13.7. The third kappa shape index (κ3) is 5.02. The number of anilines is 1. The van der Waals surface area contributed by atoms with Crippen LogP contribution in [0.25, 0.3) is 11.1 Å². The van der Waals surface area contributed by atoms with E-state index in [0.29, 0.717) is 24.3 Å². The molecule has 3 aromatic carbocycles. The van der Waals surface area contributed by atoms with Crippen molar-refractivity contribution in [1.29, 1.82) is 0 Å². The summed E-state index contributed by atoms with van der Waals surface area (Å²) in [5.74, 6) is 0.624. The van der Waals surface area contributed by atoms with Crippen molar-refractivity contribution in [2.45, 2.75) is 40.0 Å². The number of hydrogen-bond acceptors (Lipinski definition) is 4. The van der Waals surface area contributed by atoms with Crippen LogP contribution >= 0.6 is 0 Å². The maximum Gasteiger partial charge on any atom is 0.294 e. The fourth-order valence-corrected chi connectivity index (χ4v) is 4.97. The Bertz CT molecular complexity index is 1500. The molecule has 0 aliphatic heterocycles. The summed E-state index contributed by atoms with van der Waals surface area (Å²) in [7, 11) is 0. The van der Waals surface area contributed by atoms with Gasteiger partial charge in [0, 0.05) is 35.3 Å². The molecule has 38 heavy (non-hydrogen) atoms. The fraction of sp³-hybridized carbons (Fsp3) is 0.219. The minimum atomic E-state index is -0.279. The Labute approximate surface area is 223 Å². The lowest BCUT2D eigenvalue weighted by molar-refractivity contribution is 0.0949. The number of rotatable bonds is 6. The molecular formula is C32H31N3O3. The average molecular weight is 506 g/mol. The molecule has 0 fully saturated rings. The summed E-state index contributed by atoms with van der Waals surface area (Å²) in [4.78, 5) is 28.1. The van der Waals surface area contributed by atoms with Gasteiger partial charge in [0.2, 0.25) is 0 Å². The molecule has 1 aliphatic carbocycles. The first-order valence-electron chi connectivity index (χ1n) is 13.0. The Morgan fingerprint density at radius 2 is 1.66 bits per heavy atom. The molecule has 6 heteroatoms. The van der Waals surface area contributed by atoms with E-state index in [2.05, 4.69) is 10.5 Å². The van der Waals surface area contributed by atoms with Gasteiger partial charge in [0.15, 0.2) is 5.76 Å². The van der Waals surface area contributed by atoms with Crippen molar-refractivity contribution in [2.24, 2.45) is 5.10 Å². The van der Waals surface area contributed by atoms with Gasteiger partial charge in [-0.3, -0.25) is 9.59 Å². The first kappa shape index (κ1) is 25.2. The van der Waals surface area contributed by atoms with Gasteiger partial charge in [-0.2, -0.15) is 5.10 Å². The predicted molar refractivity (Wildman–Crippen MR) is 151 cm³/mol. The summed E-state index contributed by atoms with van der Waals surface area (Å²) in [6.45, 7) is 6.37. The molecule has 4 aromatic rings. The van der Waals surface area contributed by atoms with Crippen LogP contribution in [0.4, 0.5) is 5.69 Å². The number of hydrazone groups is 1. The molecule has 0 atom stereocenters. The lowest BCUT2D eigenvalue weighted by Gasteiger charge is -2.20. The maximum atomic E-state index is 13.5. The van der Waals surface area contributed by atoms with Crippen LogP contribution in [0.5, 0.6) is 0 Å². The smallest absolute Gasteiger partial charge is 0.294 e. The summed E-state index contributed by atoms with van der Waals surface area (Å²) in [6.07, 6.45) is 2.26. The van der Waals surface area contributed by atoms with Crippen LogP contribution in [-0.4, -0.2) is 24.1 Å². The average Bonchev–Trinajstić information content (AvgIpc) is 3.29. The van der Waals surface area contributed by atoms with E-state index < -0.39 is 0 Å². The second-order valence-corrected chi connectivity index (χ2v) is 9.54. The van der Waals surface area contributed by atoms with Crippen molar-refractivity contribution < 1.29 is 14.0 Å². The highest BCUT2D eigenvalue weighted by Crippen LogP contribution is 2.31. The van der Waals surface area contributed by atoms with Crippen LogP contribution in [0.2, 0.25) is 0 Å². The van der Waals surface area contributed by atoms with Crippen molar-refractivity contribution in [3.05, 3.63) is 113 Å². The van der Waals surface area contributed by atoms with Crippen LogP contribution in [0.3, 0.4) is 0 Å². The van der Waals surface area contributed by atoms with Gasteiger partial charge >= 0.3 is 0 Å². The quantitative estimate of drug-likeness (QED) is 0.296. The second-order valence-electron chi connectivity index (χ2n) is 9.54. The molecule has 1 aliphatic rings. The van der Waals surface area contributed by atoms with E-state index in [1.54, 1.807) is 17.0 Å². The number of benzene rings is 3. The molecule has 0 spiro atoms. The van der Waals surface area contributed by atoms with Crippen LogP contribution in [0.1, 0.15) is 63.1 Å².